The van der Waals surface area contributed by atoms with Gasteiger partial charge in [-0.25, -0.2) is 4.98 Å². The van der Waals surface area contributed by atoms with Crippen molar-refractivity contribution in [1.82, 2.24) is 24.6 Å². The topological polar surface area (TPSA) is 86.3 Å². The third-order valence-electron chi connectivity index (χ3n) is 4.78. The Bertz CT molecular complexity index is 878. The average Bonchev–Trinajstić information content (AvgIpc) is 3.41. The fraction of sp³-hybridized carbons (Fsp3) is 0.400. The minimum Gasteiger partial charge on any atom is -0.376 e. The number of carbonyl (C=O) groups is 1. The Labute approximate surface area is 163 Å². The van der Waals surface area contributed by atoms with E-state index >= 15 is 0 Å². The highest BCUT2D eigenvalue weighted by Gasteiger charge is 2.24. The van der Waals surface area contributed by atoms with Crippen LogP contribution in [-0.4, -0.2) is 56.3 Å². The highest BCUT2D eigenvalue weighted by atomic mass is 16.5. The Morgan fingerprint density at radius 1 is 1.29 bits per heavy atom. The summed E-state index contributed by atoms with van der Waals surface area (Å²) < 4.78 is 13.1. The van der Waals surface area contributed by atoms with Gasteiger partial charge in [0, 0.05) is 37.5 Å². The minimum atomic E-state index is 0.0426. The zero-order chi connectivity index (χ0) is 19.2. The molecule has 146 valence electrons. The van der Waals surface area contributed by atoms with Crippen LogP contribution in [0, 0.1) is 0 Å². The van der Waals surface area contributed by atoms with Crippen LogP contribution in [0.3, 0.4) is 0 Å². The second-order valence-corrected chi connectivity index (χ2v) is 6.84. The summed E-state index contributed by atoms with van der Waals surface area (Å²) in [7, 11) is 0. The van der Waals surface area contributed by atoms with Gasteiger partial charge in [0.1, 0.15) is 6.54 Å². The molecule has 0 aliphatic carbocycles. The predicted molar refractivity (Wildman–Crippen MR) is 101 cm³/mol. The van der Waals surface area contributed by atoms with E-state index < -0.39 is 0 Å². The Morgan fingerprint density at radius 3 is 3.00 bits per heavy atom. The number of benzene rings is 1. The molecule has 28 heavy (non-hydrogen) atoms. The molecule has 1 aliphatic heterocycles. The van der Waals surface area contributed by atoms with Gasteiger partial charge in [-0.1, -0.05) is 23.4 Å². The van der Waals surface area contributed by atoms with Gasteiger partial charge < -0.3 is 18.7 Å². The molecule has 1 aromatic carbocycles. The van der Waals surface area contributed by atoms with Crippen LogP contribution in [0.15, 0.2) is 53.6 Å². The maximum absolute atomic E-state index is 12.4. The number of hydrogen-bond donors (Lipinski definition) is 0. The Balaban J connectivity index is 1.24. The van der Waals surface area contributed by atoms with E-state index in [0.29, 0.717) is 37.8 Å². The number of amides is 1. The van der Waals surface area contributed by atoms with Crippen molar-refractivity contribution in [3.63, 3.8) is 0 Å². The summed E-state index contributed by atoms with van der Waals surface area (Å²) in [6.07, 6.45) is 7.65. The van der Waals surface area contributed by atoms with Crippen molar-refractivity contribution in [2.24, 2.45) is 0 Å². The van der Waals surface area contributed by atoms with Crippen LogP contribution < -0.4 is 0 Å². The van der Waals surface area contributed by atoms with Crippen molar-refractivity contribution in [3.8, 4) is 11.5 Å². The molecule has 0 spiro atoms. The summed E-state index contributed by atoms with van der Waals surface area (Å²) in [5, 5.41) is 4.02. The molecule has 1 fully saturated rings. The number of nitrogens with zero attached hydrogens (tertiary/aromatic N) is 5. The molecule has 0 N–H and O–H groups in total. The van der Waals surface area contributed by atoms with E-state index in [1.165, 1.54) is 0 Å². The standard InChI is InChI=1S/C20H23N5O3/c26-19(14-24-11-9-21-15-24)25-10-4-7-17(13-25)27-12-8-18-22-20(28-23-18)16-5-2-1-3-6-16/h1-3,5-6,9,11,15,17H,4,7-8,10,12-14H2. The van der Waals surface area contributed by atoms with E-state index in [1.807, 2.05) is 35.2 Å². The molecule has 0 saturated carbocycles. The predicted octanol–water partition coefficient (Wildman–Crippen LogP) is 2.18. The zero-order valence-electron chi connectivity index (χ0n) is 15.6. The van der Waals surface area contributed by atoms with Crippen molar-refractivity contribution < 1.29 is 14.1 Å². The van der Waals surface area contributed by atoms with Crippen LogP contribution in [0.25, 0.3) is 11.5 Å². The second-order valence-electron chi connectivity index (χ2n) is 6.84. The monoisotopic (exact) mass is 381 g/mol. The van der Waals surface area contributed by atoms with Crippen molar-refractivity contribution in [1.29, 1.82) is 0 Å². The molecule has 8 heteroatoms. The largest absolute Gasteiger partial charge is 0.376 e. The highest BCUT2D eigenvalue weighted by molar-refractivity contribution is 5.76. The molecule has 1 unspecified atom stereocenters. The first-order chi connectivity index (χ1) is 13.8. The van der Waals surface area contributed by atoms with Crippen LogP contribution in [-0.2, 0) is 22.5 Å². The first-order valence-corrected chi connectivity index (χ1v) is 9.51. The van der Waals surface area contributed by atoms with E-state index in [1.54, 1.807) is 23.3 Å². The number of hydrogen-bond acceptors (Lipinski definition) is 6. The lowest BCUT2D eigenvalue weighted by atomic mass is 10.1. The molecule has 8 nitrogen and oxygen atoms in total. The number of ether oxygens (including phenoxy) is 1. The smallest absolute Gasteiger partial charge is 0.257 e. The van der Waals surface area contributed by atoms with Crippen LogP contribution in [0.5, 0.6) is 0 Å². The van der Waals surface area contributed by atoms with Gasteiger partial charge in [-0.15, -0.1) is 0 Å². The average molecular weight is 381 g/mol. The summed E-state index contributed by atoms with van der Waals surface area (Å²) in [5.41, 5.74) is 0.904. The van der Waals surface area contributed by atoms with E-state index in [0.717, 1.165) is 24.9 Å². The fourth-order valence-corrected chi connectivity index (χ4v) is 3.31. The first kappa shape index (κ1) is 18.4. The molecule has 3 heterocycles. The summed E-state index contributed by atoms with van der Waals surface area (Å²) in [6, 6.07) is 9.69. The van der Waals surface area contributed by atoms with Gasteiger partial charge in [-0.3, -0.25) is 4.79 Å². The molecule has 1 aliphatic rings. The lowest BCUT2D eigenvalue weighted by molar-refractivity contribution is -0.136. The molecule has 0 bridgehead atoms. The normalized spacial score (nSPS) is 17.0. The van der Waals surface area contributed by atoms with Gasteiger partial charge in [0.2, 0.25) is 5.91 Å². The Morgan fingerprint density at radius 2 is 2.18 bits per heavy atom. The van der Waals surface area contributed by atoms with Gasteiger partial charge in [0.05, 0.1) is 19.0 Å². The molecule has 0 radical (unpaired) electrons. The molecule has 1 amide bonds. The lowest BCUT2D eigenvalue weighted by Gasteiger charge is -2.32. The maximum Gasteiger partial charge on any atom is 0.257 e. The van der Waals surface area contributed by atoms with Gasteiger partial charge in [-0.05, 0) is 25.0 Å². The Hall–Kier alpha value is -3.00. The fourth-order valence-electron chi connectivity index (χ4n) is 3.31. The number of carbonyl (C=O) groups excluding carboxylic acids is 1. The van der Waals surface area contributed by atoms with E-state index in [2.05, 4.69) is 15.1 Å². The summed E-state index contributed by atoms with van der Waals surface area (Å²) in [4.78, 5) is 22.7. The number of rotatable bonds is 7. The van der Waals surface area contributed by atoms with Crippen LogP contribution in [0.2, 0.25) is 0 Å². The number of likely N-dealkylation sites (tertiary alicyclic amines) is 1. The molecule has 1 atom stereocenters. The summed E-state index contributed by atoms with van der Waals surface area (Å²) >= 11 is 0. The quantitative estimate of drug-likeness (QED) is 0.624. The lowest BCUT2D eigenvalue weighted by Crippen LogP contribution is -2.44. The van der Waals surface area contributed by atoms with Gasteiger partial charge in [0.25, 0.3) is 5.89 Å². The maximum atomic E-state index is 12.4. The number of aromatic nitrogens is 4. The number of imidazole rings is 1. The van der Waals surface area contributed by atoms with Crippen molar-refractivity contribution in [3.05, 3.63) is 54.9 Å². The van der Waals surface area contributed by atoms with Gasteiger partial charge >= 0.3 is 0 Å². The molecule has 1 saturated heterocycles. The van der Waals surface area contributed by atoms with E-state index in [4.69, 9.17) is 9.26 Å². The summed E-state index contributed by atoms with van der Waals surface area (Å²) in [6.45, 7) is 2.22. The van der Waals surface area contributed by atoms with Crippen LogP contribution in [0.1, 0.15) is 18.7 Å². The third kappa shape index (κ3) is 4.64. The van der Waals surface area contributed by atoms with Gasteiger partial charge in [0.15, 0.2) is 5.82 Å². The van der Waals surface area contributed by atoms with Crippen molar-refractivity contribution in [2.45, 2.75) is 31.9 Å². The minimum absolute atomic E-state index is 0.0426. The van der Waals surface area contributed by atoms with E-state index in [-0.39, 0.29) is 12.0 Å². The SMILES string of the molecule is O=C(Cn1ccnc1)N1CCCC(OCCc2noc(-c3ccccc3)n2)C1. The number of piperidine rings is 1. The second kappa shape index (κ2) is 8.79. The Kier molecular flexibility index (Phi) is 5.77. The molecule has 4 rings (SSSR count). The molecular weight excluding hydrogens is 358 g/mol. The van der Waals surface area contributed by atoms with E-state index in [9.17, 15) is 4.79 Å². The summed E-state index contributed by atoms with van der Waals surface area (Å²) in [5.74, 6) is 1.24. The van der Waals surface area contributed by atoms with Crippen LogP contribution >= 0.6 is 0 Å². The van der Waals surface area contributed by atoms with Crippen molar-refractivity contribution in [2.75, 3.05) is 19.7 Å². The van der Waals surface area contributed by atoms with Crippen LogP contribution in [0.4, 0.5) is 0 Å². The first-order valence-electron chi connectivity index (χ1n) is 9.51. The molecule has 3 aromatic rings. The van der Waals surface area contributed by atoms with Gasteiger partial charge in [-0.2, -0.15) is 4.98 Å². The highest BCUT2D eigenvalue weighted by Crippen LogP contribution is 2.17. The zero-order valence-corrected chi connectivity index (χ0v) is 15.6. The molecular formula is C20H23N5O3. The van der Waals surface area contributed by atoms with Crippen molar-refractivity contribution >= 4 is 5.91 Å². The molecule has 2 aromatic heterocycles. The third-order valence-corrected chi connectivity index (χ3v) is 4.78.